The Kier molecular flexibility index (Phi) is 7.69. The van der Waals surface area contributed by atoms with Gasteiger partial charge in [0.2, 0.25) is 0 Å². The first-order valence-corrected chi connectivity index (χ1v) is 7.81. The van der Waals surface area contributed by atoms with E-state index < -0.39 is 0 Å². The van der Waals surface area contributed by atoms with Crippen molar-refractivity contribution in [2.45, 2.75) is 45.1 Å². The number of carbonyl (C=O) groups is 1. The molecule has 2 atom stereocenters. The van der Waals surface area contributed by atoms with E-state index in [0.717, 1.165) is 24.3 Å². The van der Waals surface area contributed by atoms with E-state index in [-0.39, 0.29) is 5.97 Å². The molecular formula is C13H25NO2S. The zero-order valence-corrected chi connectivity index (χ0v) is 11.9. The highest BCUT2D eigenvalue weighted by Gasteiger charge is 2.25. The van der Waals surface area contributed by atoms with Crippen molar-refractivity contribution in [2.75, 3.05) is 25.2 Å². The SMILES string of the molecule is CCNC1CCCC1CCSCCC(=O)OC. The van der Waals surface area contributed by atoms with Crippen LogP contribution in [0.4, 0.5) is 0 Å². The van der Waals surface area contributed by atoms with Gasteiger partial charge in [0.1, 0.15) is 0 Å². The monoisotopic (exact) mass is 259 g/mol. The van der Waals surface area contributed by atoms with Crippen LogP contribution in [0.5, 0.6) is 0 Å². The predicted octanol–water partition coefficient (Wildman–Crippen LogP) is 2.45. The van der Waals surface area contributed by atoms with Gasteiger partial charge in [0, 0.05) is 11.8 Å². The van der Waals surface area contributed by atoms with E-state index in [1.807, 2.05) is 11.8 Å². The van der Waals surface area contributed by atoms with Gasteiger partial charge in [-0.05, 0) is 37.5 Å². The summed E-state index contributed by atoms with van der Waals surface area (Å²) in [6, 6.07) is 0.737. The second-order valence-electron chi connectivity index (χ2n) is 4.58. The molecular weight excluding hydrogens is 234 g/mol. The molecule has 0 aromatic heterocycles. The zero-order valence-electron chi connectivity index (χ0n) is 11.0. The van der Waals surface area contributed by atoms with Crippen molar-refractivity contribution in [3.8, 4) is 0 Å². The Hall–Kier alpha value is -0.220. The predicted molar refractivity (Wildman–Crippen MR) is 73.4 cm³/mol. The van der Waals surface area contributed by atoms with Crippen LogP contribution in [0.15, 0.2) is 0 Å². The molecule has 1 aliphatic carbocycles. The maximum absolute atomic E-state index is 10.9. The van der Waals surface area contributed by atoms with Gasteiger partial charge in [-0.25, -0.2) is 0 Å². The average molecular weight is 259 g/mol. The Morgan fingerprint density at radius 1 is 1.41 bits per heavy atom. The van der Waals surface area contributed by atoms with Crippen molar-refractivity contribution in [2.24, 2.45) is 5.92 Å². The van der Waals surface area contributed by atoms with Crippen molar-refractivity contribution in [1.29, 1.82) is 0 Å². The molecule has 1 saturated carbocycles. The fourth-order valence-corrected chi connectivity index (χ4v) is 3.49. The van der Waals surface area contributed by atoms with Crippen molar-refractivity contribution in [3.05, 3.63) is 0 Å². The number of rotatable bonds is 8. The van der Waals surface area contributed by atoms with Crippen LogP contribution in [-0.4, -0.2) is 37.2 Å². The molecule has 4 heteroatoms. The lowest BCUT2D eigenvalue weighted by atomic mass is 10.0. The van der Waals surface area contributed by atoms with Crippen LogP contribution in [0, 0.1) is 5.92 Å². The Morgan fingerprint density at radius 3 is 2.94 bits per heavy atom. The first-order valence-electron chi connectivity index (χ1n) is 6.65. The third-order valence-electron chi connectivity index (χ3n) is 3.44. The van der Waals surface area contributed by atoms with Gasteiger partial charge in [-0.1, -0.05) is 13.3 Å². The highest BCUT2D eigenvalue weighted by molar-refractivity contribution is 7.99. The van der Waals surface area contributed by atoms with E-state index in [4.69, 9.17) is 0 Å². The Morgan fingerprint density at radius 2 is 2.24 bits per heavy atom. The summed E-state index contributed by atoms with van der Waals surface area (Å²) in [5, 5.41) is 3.58. The fraction of sp³-hybridized carbons (Fsp3) is 0.923. The van der Waals surface area contributed by atoms with Gasteiger partial charge in [-0.2, -0.15) is 11.8 Å². The van der Waals surface area contributed by atoms with Crippen LogP contribution in [0.25, 0.3) is 0 Å². The Balaban J connectivity index is 2.03. The summed E-state index contributed by atoms with van der Waals surface area (Å²) in [5.41, 5.74) is 0. The smallest absolute Gasteiger partial charge is 0.306 e. The number of thioether (sulfide) groups is 1. The summed E-state index contributed by atoms with van der Waals surface area (Å²) < 4.78 is 4.62. The fourth-order valence-electron chi connectivity index (χ4n) is 2.51. The number of hydrogen-bond acceptors (Lipinski definition) is 4. The molecule has 0 amide bonds. The third kappa shape index (κ3) is 5.77. The van der Waals surface area contributed by atoms with E-state index in [2.05, 4.69) is 17.0 Å². The van der Waals surface area contributed by atoms with Gasteiger partial charge in [-0.15, -0.1) is 0 Å². The molecule has 0 radical (unpaired) electrons. The number of methoxy groups -OCH3 is 1. The largest absolute Gasteiger partial charge is 0.469 e. The van der Waals surface area contributed by atoms with Crippen molar-refractivity contribution in [3.63, 3.8) is 0 Å². The van der Waals surface area contributed by atoms with E-state index in [1.165, 1.54) is 38.5 Å². The molecule has 2 unspecified atom stereocenters. The van der Waals surface area contributed by atoms with Gasteiger partial charge in [0.05, 0.1) is 13.5 Å². The minimum absolute atomic E-state index is 0.0936. The normalized spacial score (nSPS) is 23.9. The molecule has 1 N–H and O–H groups in total. The van der Waals surface area contributed by atoms with Gasteiger partial charge in [0.15, 0.2) is 0 Å². The second-order valence-corrected chi connectivity index (χ2v) is 5.81. The number of carbonyl (C=O) groups excluding carboxylic acids is 1. The summed E-state index contributed by atoms with van der Waals surface area (Å²) in [6.07, 6.45) is 5.90. The Bertz CT molecular complexity index is 223. The molecule has 0 bridgehead atoms. The number of hydrogen-bond donors (Lipinski definition) is 1. The molecule has 0 heterocycles. The van der Waals surface area contributed by atoms with Crippen LogP contribution in [-0.2, 0) is 9.53 Å². The molecule has 3 nitrogen and oxygen atoms in total. The van der Waals surface area contributed by atoms with Gasteiger partial charge < -0.3 is 10.1 Å². The lowest BCUT2D eigenvalue weighted by molar-refractivity contribution is -0.140. The van der Waals surface area contributed by atoms with E-state index in [1.54, 1.807) is 0 Å². The standard InChI is InChI=1S/C13H25NO2S/c1-3-14-12-6-4-5-11(12)7-9-17-10-8-13(15)16-2/h11-12,14H,3-10H2,1-2H3. The first-order chi connectivity index (χ1) is 8.27. The van der Waals surface area contributed by atoms with E-state index >= 15 is 0 Å². The summed E-state index contributed by atoms with van der Waals surface area (Å²) in [7, 11) is 1.45. The summed E-state index contributed by atoms with van der Waals surface area (Å²) >= 11 is 1.88. The zero-order chi connectivity index (χ0) is 12.5. The van der Waals surface area contributed by atoms with Crippen LogP contribution in [0.1, 0.15) is 39.0 Å². The van der Waals surface area contributed by atoms with Crippen LogP contribution >= 0.6 is 11.8 Å². The van der Waals surface area contributed by atoms with Crippen LogP contribution in [0.2, 0.25) is 0 Å². The van der Waals surface area contributed by atoms with Crippen molar-refractivity contribution in [1.82, 2.24) is 5.32 Å². The molecule has 0 saturated heterocycles. The summed E-state index contributed by atoms with van der Waals surface area (Å²) in [5.74, 6) is 2.82. The van der Waals surface area contributed by atoms with Crippen LogP contribution < -0.4 is 5.32 Å². The van der Waals surface area contributed by atoms with Gasteiger partial charge >= 0.3 is 5.97 Å². The van der Waals surface area contributed by atoms with Crippen molar-refractivity contribution < 1.29 is 9.53 Å². The molecule has 100 valence electrons. The number of nitrogens with one attached hydrogen (secondary N) is 1. The summed E-state index contributed by atoms with van der Waals surface area (Å²) in [4.78, 5) is 10.9. The molecule has 0 aliphatic heterocycles. The second kappa shape index (κ2) is 8.81. The minimum atomic E-state index is -0.0936. The van der Waals surface area contributed by atoms with Gasteiger partial charge in [-0.3, -0.25) is 4.79 Å². The molecule has 1 aliphatic rings. The average Bonchev–Trinajstić information content (AvgIpc) is 2.76. The molecule has 1 rings (SSSR count). The quantitative estimate of drug-likeness (QED) is 0.537. The highest BCUT2D eigenvalue weighted by Crippen LogP contribution is 2.29. The van der Waals surface area contributed by atoms with E-state index in [0.29, 0.717) is 6.42 Å². The van der Waals surface area contributed by atoms with Crippen LogP contribution in [0.3, 0.4) is 0 Å². The van der Waals surface area contributed by atoms with E-state index in [9.17, 15) is 4.79 Å². The van der Waals surface area contributed by atoms with Crippen molar-refractivity contribution >= 4 is 17.7 Å². The first kappa shape index (κ1) is 14.8. The maximum Gasteiger partial charge on any atom is 0.306 e. The number of ether oxygens (including phenoxy) is 1. The molecule has 0 aromatic rings. The molecule has 0 aromatic carbocycles. The molecule has 17 heavy (non-hydrogen) atoms. The lowest BCUT2D eigenvalue weighted by Crippen LogP contribution is -2.32. The topological polar surface area (TPSA) is 38.3 Å². The summed E-state index contributed by atoms with van der Waals surface area (Å²) in [6.45, 7) is 3.26. The van der Waals surface area contributed by atoms with Gasteiger partial charge in [0.25, 0.3) is 0 Å². The number of esters is 1. The third-order valence-corrected chi connectivity index (χ3v) is 4.45. The highest BCUT2D eigenvalue weighted by atomic mass is 32.2. The molecule has 1 fully saturated rings. The molecule has 0 spiro atoms. The lowest BCUT2D eigenvalue weighted by Gasteiger charge is -2.19. The Labute approximate surface area is 109 Å². The minimum Gasteiger partial charge on any atom is -0.469 e. The maximum atomic E-state index is 10.9.